The first-order valence-electron chi connectivity index (χ1n) is 7.15. The van der Waals surface area contributed by atoms with Gasteiger partial charge in [0.15, 0.2) is 0 Å². The van der Waals surface area contributed by atoms with Crippen LogP contribution in [0, 0.1) is 10.1 Å². The summed E-state index contributed by atoms with van der Waals surface area (Å²) in [5, 5.41) is 27.3. The van der Waals surface area contributed by atoms with Crippen LogP contribution in [0.15, 0.2) is 58.7 Å². The Morgan fingerprint density at radius 2 is 1.46 bits per heavy atom. The van der Waals surface area contributed by atoms with E-state index in [0.29, 0.717) is 11.1 Å². The van der Waals surface area contributed by atoms with Gasteiger partial charge in [-0.05, 0) is 47.6 Å². The Balaban J connectivity index is 1.81. The molecule has 2 rings (SSSR count). The van der Waals surface area contributed by atoms with Crippen LogP contribution in [0.2, 0.25) is 0 Å². The zero-order valence-corrected chi connectivity index (χ0v) is 14.0. The minimum atomic E-state index is -0.997. The highest BCUT2D eigenvalue weighted by Crippen LogP contribution is 2.10. The molecule has 9 nitrogen and oxygen atoms in total. The number of rotatable bonds is 6. The van der Waals surface area contributed by atoms with Crippen LogP contribution in [-0.2, 0) is 0 Å². The molecule has 0 saturated heterocycles. The van der Waals surface area contributed by atoms with Gasteiger partial charge in [-0.3, -0.25) is 21.0 Å². The van der Waals surface area contributed by atoms with Crippen LogP contribution in [0.5, 0.6) is 0 Å². The van der Waals surface area contributed by atoms with Crippen molar-refractivity contribution >= 4 is 41.4 Å². The quantitative estimate of drug-likeness (QED) is 0.307. The summed E-state index contributed by atoms with van der Waals surface area (Å²) in [5.41, 5.74) is 6.63. The number of nitro groups is 1. The van der Waals surface area contributed by atoms with Gasteiger partial charge in [0, 0.05) is 12.1 Å². The normalized spacial score (nSPS) is 10.8. The Bertz CT molecular complexity index is 792. The third kappa shape index (κ3) is 5.76. The van der Waals surface area contributed by atoms with Crippen molar-refractivity contribution in [2.24, 2.45) is 10.2 Å². The van der Waals surface area contributed by atoms with Gasteiger partial charge in [-0.1, -0.05) is 12.1 Å². The second-order valence-electron chi connectivity index (χ2n) is 4.84. The van der Waals surface area contributed by atoms with Crippen molar-refractivity contribution in [3.63, 3.8) is 0 Å². The van der Waals surface area contributed by atoms with Crippen molar-refractivity contribution in [1.82, 2.24) is 10.9 Å². The van der Waals surface area contributed by atoms with Crippen LogP contribution in [-0.4, -0.2) is 33.5 Å². The molecule has 0 spiro atoms. The number of hydrazone groups is 2. The molecule has 0 amide bonds. The zero-order chi connectivity index (χ0) is 18.9. The fraction of sp³-hybridized carbons (Fsp3) is 0. The zero-order valence-electron chi connectivity index (χ0n) is 13.2. The predicted molar refractivity (Wildman–Crippen MR) is 101 cm³/mol. The number of thiocarbonyl (C=S) groups is 1. The Morgan fingerprint density at radius 3 is 1.88 bits per heavy atom. The molecule has 3 N–H and O–H groups in total. The summed E-state index contributed by atoms with van der Waals surface area (Å²) in [6, 6.07) is 12.0. The van der Waals surface area contributed by atoms with Crippen LogP contribution in [0.4, 0.5) is 5.69 Å². The van der Waals surface area contributed by atoms with Gasteiger partial charge in [-0.15, -0.1) is 0 Å². The van der Waals surface area contributed by atoms with E-state index in [1.807, 2.05) is 0 Å². The van der Waals surface area contributed by atoms with Gasteiger partial charge in [0.2, 0.25) is 5.11 Å². The van der Waals surface area contributed by atoms with Crippen molar-refractivity contribution < 1.29 is 14.8 Å². The van der Waals surface area contributed by atoms with Crippen molar-refractivity contribution in [3.8, 4) is 0 Å². The smallest absolute Gasteiger partial charge is 0.335 e. The number of aromatic carboxylic acids is 1. The van der Waals surface area contributed by atoms with E-state index in [2.05, 4.69) is 21.1 Å². The fourth-order valence-corrected chi connectivity index (χ4v) is 1.86. The van der Waals surface area contributed by atoms with Crippen LogP contribution in [0.1, 0.15) is 21.5 Å². The van der Waals surface area contributed by atoms with Crippen molar-refractivity contribution in [3.05, 3.63) is 75.3 Å². The number of nitro benzene ring substituents is 1. The minimum absolute atomic E-state index is 0.00183. The first-order valence-corrected chi connectivity index (χ1v) is 7.56. The first-order chi connectivity index (χ1) is 12.5. The van der Waals surface area contributed by atoms with E-state index in [-0.39, 0.29) is 16.4 Å². The highest BCUT2D eigenvalue weighted by atomic mass is 32.1. The Hall–Kier alpha value is -3.66. The van der Waals surface area contributed by atoms with Crippen LogP contribution >= 0.6 is 12.2 Å². The molecule has 0 aliphatic carbocycles. The van der Waals surface area contributed by atoms with Crippen molar-refractivity contribution in [2.45, 2.75) is 0 Å². The van der Waals surface area contributed by atoms with Crippen LogP contribution < -0.4 is 10.9 Å². The number of hydrogen-bond donors (Lipinski definition) is 3. The Kier molecular flexibility index (Phi) is 6.46. The third-order valence-electron chi connectivity index (χ3n) is 3.02. The fourth-order valence-electron chi connectivity index (χ4n) is 1.75. The number of non-ortho nitro benzene ring substituents is 1. The number of carboxylic acid groups (broad SMARTS) is 1. The molecule has 0 fully saturated rings. The maximum absolute atomic E-state index is 10.8. The van der Waals surface area contributed by atoms with Crippen molar-refractivity contribution in [2.75, 3.05) is 0 Å². The van der Waals surface area contributed by atoms with E-state index in [1.54, 1.807) is 24.3 Å². The molecule has 0 heterocycles. The lowest BCUT2D eigenvalue weighted by Crippen LogP contribution is -2.28. The van der Waals surface area contributed by atoms with Gasteiger partial charge in [0.1, 0.15) is 0 Å². The largest absolute Gasteiger partial charge is 0.478 e. The van der Waals surface area contributed by atoms with E-state index < -0.39 is 10.9 Å². The van der Waals surface area contributed by atoms with Gasteiger partial charge in [0.05, 0.1) is 22.9 Å². The molecular formula is C16H13N5O4S. The van der Waals surface area contributed by atoms with E-state index in [4.69, 9.17) is 17.3 Å². The predicted octanol–water partition coefficient (Wildman–Crippen LogP) is 2.13. The molecule has 10 heteroatoms. The number of carbonyl (C=O) groups is 1. The highest BCUT2D eigenvalue weighted by molar-refractivity contribution is 7.80. The lowest BCUT2D eigenvalue weighted by molar-refractivity contribution is -0.384. The van der Waals surface area contributed by atoms with E-state index in [9.17, 15) is 14.9 Å². The SMILES string of the molecule is O=C(O)c1ccc(/C=N/NC(=S)N/N=C/c2ccc([N+](=O)[O-])cc2)cc1. The van der Waals surface area contributed by atoms with Crippen molar-refractivity contribution in [1.29, 1.82) is 0 Å². The molecule has 0 aliphatic rings. The second-order valence-corrected chi connectivity index (χ2v) is 5.25. The molecule has 0 unspecified atom stereocenters. The summed E-state index contributed by atoms with van der Waals surface area (Å²) in [5.74, 6) is -0.997. The summed E-state index contributed by atoms with van der Waals surface area (Å²) >= 11 is 4.98. The lowest BCUT2D eigenvalue weighted by atomic mass is 10.1. The first kappa shape index (κ1) is 18.7. The molecule has 0 atom stereocenters. The van der Waals surface area contributed by atoms with Crippen LogP contribution in [0.3, 0.4) is 0 Å². The summed E-state index contributed by atoms with van der Waals surface area (Å²) in [4.78, 5) is 20.8. The molecule has 0 radical (unpaired) electrons. The summed E-state index contributed by atoms with van der Waals surface area (Å²) in [6.45, 7) is 0. The number of carboxylic acids is 1. The lowest BCUT2D eigenvalue weighted by Gasteiger charge is -2.01. The average Bonchev–Trinajstić information content (AvgIpc) is 2.62. The van der Waals surface area contributed by atoms with Crippen LogP contribution in [0.25, 0.3) is 0 Å². The molecule has 132 valence electrons. The van der Waals surface area contributed by atoms with Gasteiger partial charge in [-0.2, -0.15) is 10.2 Å². The molecule has 0 bridgehead atoms. The molecule has 0 aliphatic heterocycles. The Morgan fingerprint density at radius 1 is 1.00 bits per heavy atom. The summed E-state index contributed by atoms with van der Waals surface area (Å²) in [6.07, 6.45) is 2.92. The molecular weight excluding hydrogens is 358 g/mol. The number of nitrogens with zero attached hydrogens (tertiary/aromatic N) is 3. The average molecular weight is 371 g/mol. The topological polar surface area (TPSA) is 129 Å². The minimum Gasteiger partial charge on any atom is -0.478 e. The second kappa shape index (κ2) is 8.99. The third-order valence-corrected chi connectivity index (χ3v) is 3.20. The summed E-state index contributed by atoms with van der Waals surface area (Å²) < 4.78 is 0. The van der Waals surface area contributed by atoms with Gasteiger partial charge in [0.25, 0.3) is 5.69 Å². The Labute approximate surface area is 153 Å². The van der Waals surface area contributed by atoms with Gasteiger partial charge < -0.3 is 5.11 Å². The number of nitrogens with one attached hydrogen (secondary N) is 2. The maximum Gasteiger partial charge on any atom is 0.335 e. The van der Waals surface area contributed by atoms with Gasteiger partial charge in [-0.25, -0.2) is 4.79 Å². The van der Waals surface area contributed by atoms with E-state index in [1.165, 1.54) is 36.7 Å². The maximum atomic E-state index is 10.8. The van der Waals surface area contributed by atoms with E-state index in [0.717, 1.165) is 0 Å². The monoisotopic (exact) mass is 371 g/mol. The summed E-state index contributed by atoms with van der Waals surface area (Å²) in [7, 11) is 0. The molecule has 0 aromatic heterocycles. The van der Waals surface area contributed by atoms with Gasteiger partial charge >= 0.3 is 5.97 Å². The number of hydrogen-bond acceptors (Lipinski definition) is 6. The standard InChI is InChI=1S/C16H13N5O4S/c22-15(23)13-5-1-11(2-6-13)9-17-19-16(26)20-18-10-12-3-7-14(8-4-12)21(24)25/h1-10H,(H,22,23)(H2,19,20,26)/b17-9+,18-10+. The number of benzene rings is 2. The molecule has 2 aromatic rings. The molecule has 0 saturated carbocycles. The highest BCUT2D eigenvalue weighted by Gasteiger charge is 2.02. The van der Waals surface area contributed by atoms with E-state index >= 15 is 0 Å². The molecule has 2 aromatic carbocycles. The molecule has 26 heavy (non-hydrogen) atoms.